The Balaban J connectivity index is 2.18. The molecule has 0 saturated heterocycles. The van der Waals surface area contributed by atoms with Gasteiger partial charge in [-0.25, -0.2) is 0 Å². The Hall–Kier alpha value is -2.04. The number of nitrogens with zero attached hydrogens (tertiary/aromatic N) is 1. The molecule has 0 aliphatic heterocycles. The topological polar surface area (TPSA) is 49.4 Å². The third-order valence-corrected chi connectivity index (χ3v) is 3.93. The van der Waals surface area contributed by atoms with Crippen molar-refractivity contribution in [2.75, 3.05) is 16.8 Å². The molecule has 126 valence electrons. The number of carbonyl (C=O) groups is 2. The van der Waals surface area contributed by atoms with Gasteiger partial charge < -0.3 is 10.2 Å². The lowest BCUT2D eigenvalue weighted by atomic mass is 10.1. The number of halogens is 2. The van der Waals surface area contributed by atoms with Crippen LogP contribution in [0.5, 0.6) is 0 Å². The minimum atomic E-state index is -0.298. The second-order valence-corrected chi connectivity index (χ2v) is 6.47. The first kappa shape index (κ1) is 18.3. The van der Waals surface area contributed by atoms with Gasteiger partial charge in [-0.05, 0) is 43.7 Å². The van der Waals surface area contributed by atoms with E-state index in [-0.39, 0.29) is 18.4 Å². The van der Waals surface area contributed by atoms with Gasteiger partial charge in [-0.2, -0.15) is 0 Å². The molecule has 0 spiro atoms. The monoisotopic (exact) mass is 364 g/mol. The van der Waals surface area contributed by atoms with Crippen LogP contribution in [-0.4, -0.2) is 18.4 Å². The molecule has 2 amide bonds. The molecule has 0 aliphatic rings. The largest absolute Gasteiger partial charge is 0.324 e. The van der Waals surface area contributed by atoms with Crippen molar-refractivity contribution in [3.8, 4) is 0 Å². The fraction of sp³-hybridized carbons (Fsp3) is 0.222. The Morgan fingerprint density at radius 1 is 1.04 bits per heavy atom. The molecule has 2 rings (SSSR count). The highest BCUT2D eigenvalue weighted by Gasteiger charge is 2.17. The molecule has 0 heterocycles. The van der Waals surface area contributed by atoms with Crippen LogP contribution in [-0.2, 0) is 9.59 Å². The van der Waals surface area contributed by atoms with Crippen LogP contribution in [0.2, 0.25) is 10.0 Å². The van der Waals surface area contributed by atoms with Crippen LogP contribution < -0.4 is 10.2 Å². The van der Waals surface area contributed by atoms with E-state index in [9.17, 15) is 9.59 Å². The molecule has 4 nitrogen and oxygen atoms in total. The highest BCUT2D eigenvalue weighted by atomic mass is 35.5. The van der Waals surface area contributed by atoms with E-state index in [0.29, 0.717) is 15.7 Å². The van der Waals surface area contributed by atoms with Crippen molar-refractivity contribution in [2.45, 2.75) is 20.8 Å². The van der Waals surface area contributed by atoms with Gasteiger partial charge in [-0.1, -0.05) is 40.9 Å². The molecule has 0 saturated carbocycles. The van der Waals surface area contributed by atoms with Crippen molar-refractivity contribution in [3.05, 3.63) is 57.6 Å². The van der Waals surface area contributed by atoms with Crippen molar-refractivity contribution in [2.24, 2.45) is 0 Å². The quantitative estimate of drug-likeness (QED) is 0.861. The number of anilines is 2. The van der Waals surface area contributed by atoms with Gasteiger partial charge in [-0.3, -0.25) is 9.59 Å². The summed E-state index contributed by atoms with van der Waals surface area (Å²) in [7, 11) is 0. The lowest BCUT2D eigenvalue weighted by Crippen LogP contribution is -2.36. The zero-order chi connectivity index (χ0) is 17.9. The summed E-state index contributed by atoms with van der Waals surface area (Å²) < 4.78 is 0. The standard InChI is InChI=1S/C18H18Cl2N2O2/c1-11-4-5-17(12(2)6-11)21-18(24)10-22(13(3)23)16-8-14(19)7-15(20)9-16/h4-9H,10H2,1-3H3,(H,21,24). The third-order valence-electron chi connectivity index (χ3n) is 3.50. The number of amides is 2. The summed E-state index contributed by atoms with van der Waals surface area (Å²) in [6.45, 7) is 5.17. The van der Waals surface area contributed by atoms with E-state index in [1.54, 1.807) is 18.2 Å². The normalized spacial score (nSPS) is 10.4. The summed E-state index contributed by atoms with van der Waals surface area (Å²) >= 11 is 12.0. The van der Waals surface area contributed by atoms with Gasteiger partial charge in [0.15, 0.2) is 0 Å². The Kier molecular flexibility index (Phi) is 5.86. The molecule has 0 atom stereocenters. The Morgan fingerprint density at radius 3 is 2.21 bits per heavy atom. The Labute approximate surface area is 151 Å². The minimum Gasteiger partial charge on any atom is -0.324 e. The second-order valence-electron chi connectivity index (χ2n) is 5.60. The molecule has 1 N–H and O–H groups in total. The number of benzene rings is 2. The first-order chi connectivity index (χ1) is 11.3. The first-order valence-corrected chi connectivity index (χ1v) is 8.13. The summed E-state index contributed by atoms with van der Waals surface area (Å²) in [4.78, 5) is 25.6. The molecule has 0 bridgehead atoms. The van der Waals surface area contributed by atoms with Crippen molar-refractivity contribution in [1.82, 2.24) is 0 Å². The van der Waals surface area contributed by atoms with E-state index in [1.807, 2.05) is 32.0 Å². The highest BCUT2D eigenvalue weighted by Crippen LogP contribution is 2.25. The number of hydrogen-bond acceptors (Lipinski definition) is 2. The van der Waals surface area contributed by atoms with E-state index in [1.165, 1.54) is 11.8 Å². The maximum absolute atomic E-state index is 12.3. The number of aryl methyl sites for hydroxylation is 2. The second kappa shape index (κ2) is 7.69. The van der Waals surface area contributed by atoms with Gasteiger partial charge in [0.25, 0.3) is 0 Å². The van der Waals surface area contributed by atoms with Crippen molar-refractivity contribution in [3.63, 3.8) is 0 Å². The SMILES string of the molecule is CC(=O)N(CC(=O)Nc1ccc(C)cc1C)c1cc(Cl)cc(Cl)c1. The zero-order valence-electron chi connectivity index (χ0n) is 13.7. The number of rotatable bonds is 4. The molecule has 6 heteroatoms. The average Bonchev–Trinajstić information content (AvgIpc) is 2.46. The lowest BCUT2D eigenvalue weighted by Gasteiger charge is -2.21. The van der Waals surface area contributed by atoms with Crippen LogP contribution in [0.4, 0.5) is 11.4 Å². The summed E-state index contributed by atoms with van der Waals surface area (Å²) in [5.74, 6) is -0.572. The van der Waals surface area contributed by atoms with E-state index in [2.05, 4.69) is 5.32 Å². The lowest BCUT2D eigenvalue weighted by molar-refractivity contribution is -0.120. The van der Waals surface area contributed by atoms with Gasteiger partial charge in [0.05, 0.1) is 0 Å². The van der Waals surface area contributed by atoms with E-state index >= 15 is 0 Å². The predicted octanol–water partition coefficient (Wildman–Crippen LogP) is 4.60. The number of nitrogens with one attached hydrogen (secondary N) is 1. The molecule has 0 aliphatic carbocycles. The van der Waals surface area contributed by atoms with Crippen molar-refractivity contribution >= 4 is 46.4 Å². The van der Waals surface area contributed by atoms with Gasteiger partial charge >= 0.3 is 0 Å². The molecular weight excluding hydrogens is 347 g/mol. The number of carbonyl (C=O) groups excluding carboxylic acids is 2. The van der Waals surface area contributed by atoms with Crippen LogP contribution in [0.15, 0.2) is 36.4 Å². The van der Waals surface area contributed by atoms with Crippen LogP contribution in [0.25, 0.3) is 0 Å². The Morgan fingerprint density at radius 2 is 1.67 bits per heavy atom. The predicted molar refractivity (Wildman–Crippen MR) is 99.0 cm³/mol. The molecule has 0 radical (unpaired) electrons. The van der Waals surface area contributed by atoms with Crippen molar-refractivity contribution < 1.29 is 9.59 Å². The minimum absolute atomic E-state index is 0.126. The van der Waals surface area contributed by atoms with Crippen LogP contribution in [0.3, 0.4) is 0 Å². The maximum atomic E-state index is 12.3. The highest BCUT2D eigenvalue weighted by molar-refractivity contribution is 6.35. The smallest absolute Gasteiger partial charge is 0.244 e. The molecule has 2 aromatic carbocycles. The fourth-order valence-electron chi connectivity index (χ4n) is 2.37. The van der Waals surface area contributed by atoms with E-state index in [0.717, 1.165) is 16.8 Å². The van der Waals surface area contributed by atoms with Crippen molar-refractivity contribution in [1.29, 1.82) is 0 Å². The molecular formula is C18H18Cl2N2O2. The summed E-state index contributed by atoms with van der Waals surface area (Å²) in [5.41, 5.74) is 3.28. The number of hydrogen-bond donors (Lipinski definition) is 1. The summed E-state index contributed by atoms with van der Waals surface area (Å²) in [6.07, 6.45) is 0. The van der Waals surface area contributed by atoms with Gasteiger partial charge in [0.1, 0.15) is 6.54 Å². The molecule has 24 heavy (non-hydrogen) atoms. The maximum Gasteiger partial charge on any atom is 0.244 e. The van der Waals surface area contributed by atoms with E-state index in [4.69, 9.17) is 23.2 Å². The van der Waals surface area contributed by atoms with Gasteiger partial charge in [0.2, 0.25) is 11.8 Å². The first-order valence-electron chi connectivity index (χ1n) is 7.37. The summed E-state index contributed by atoms with van der Waals surface area (Å²) in [6, 6.07) is 10.5. The average molecular weight is 365 g/mol. The third kappa shape index (κ3) is 4.73. The van der Waals surface area contributed by atoms with E-state index < -0.39 is 0 Å². The Bertz CT molecular complexity index is 770. The fourth-order valence-corrected chi connectivity index (χ4v) is 2.88. The molecule has 0 fully saturated rings. The zero-order valence-corrected chi connectivity index (χ0v) is 15.2. The van der Waals surface area contributed by atoms with Gasteiger partial charge in [0, 0.05) is 28.3 Å². The van der Waals surface area contributed by atoms with Crippen LogP contribution in [0.1, 0.15) is 18.1 Å². The van der Waals surface area contributed by atoms with Crippen LogP contribution >= 0.6 is 23.2 Å². The molecule has 0 unspecified atom stereocenters. The van der Waals surface area contributed by atoms with Crippen LogP contribution in [0, 0.1) is 13.8 Å². The molecule has 0 aromatic heterocycles. The molecule has 2 aromatic rings. The van der Waals surface area contributed by atoms with Gasteiger partial charge in [-0.15, -0.1) is 0 Å². The summed E-state index contributed by atoms with van der Waals surface area (Å²) in [5, 5.41) is 3.63.